The Morgan fingerprint density at radius 1 is 1.03 bits per heavy atom. The minimum Gasteiger partial charge on any atom is -0.444 e. The number of aromatic nitrogens is 6. The summed E-state index contributed by atoms with van der Waals surface area (Å²) in [5, 5.41) is 19.0. The molecule has 0 radical (unpaired) electrons. The third-order valence-electron chi connectivity index (χ3n) is 4.65. The van der Waals surface area contributed by atoms with Crippen molar-refractivity contribution in [2.24, 2.45) is 0 Å². The molecule has 0 saturated carbocycles. The fraction of sp³-hybridized carbons (Fsp3) is 0.0870. The summed E-state index contributed by atoms with van der Waals surface area (Å²) < 4.78 is 6.21. The van der Waals surface area contributed by atoms with Crippen LogP contribution in [0.25, 0.3) is 11.3 Å². The van der Waals surface area contributed by atoms with E-state index in [1.54, 1.807) is 6.20 Å². The van der Waals surface area contributed by atoms with Crippen LogP contribution in [-0.2, 0) is 6.42 Å². The van der Waals surface area contributed by atoms with E-state index in [9.17, 15) is 0 Å². The molecule has 0 unspecified atom stereocenters. The molecule has 0 fully saturated rings. The first-order valence-corrected chi connectivity index (χ1v) is 10.8. The number of H-pyrrole nitrogens is 1. The number of thiazole rings is 1. The Bertz CT molecular complexity index is 1320. The number of ether oxygens (including phenoxy) is 1. The highest BCUT2D eigenvalue weighted by Crippen LogP contribution is 2.38. The van der Waals surface area contributed by atoms with Crippen molar-refractivity contribution in [2.45, 2.75) is 13.3 Å². The number of hydrogen-bond donors (Lipinski definition) is 2. The van der Waals surface area contributed by atoms with Crippen LogP contribution in [0.1, 0.15) is 16.4 Å². The van der Waals surface area contributed by atoms with E-state index >= 15 is 0 Å². The second-order valence-electron chi connectivity index (χ2n) is 7.06. The third kappa shape index (κ3) is 4.62. The summed E-state index contributed by atoms with van der Waals surface area (Å²) in [6.07, 6.45) is 2.34. The van der Waals surface area contributed by atoms with Crippen LogP contribution in [-0.4, -0.2) is 30.6 Å². The minimum atomic E-state index is 0.617. The largest absolute Gasteiger partial charge is 0.444 e. The van der Waals surface area contributed by atoms with E-state index in [-0.39, 0.29) is 0 Å². The van der Waals surface area contributed by atoms with Crippen LogP contribution in [0.4, 0.5) is 11.5 Å². The number of tetrazole rings is 1. The van der Waals surface area contributed by atoms with Gasteiger partial charge in [0.2, 0.25) is 5.06 Å². The molecule has 2 aromatic carbocycles. The van der Waals surface area contributed by atoms with E-state index in [1.807, 2.05) is 73.7 Å². The first kappa shape index (κ1) is 19.8. The average Bonchev–Trinajstić information content (AvgIpc) is 3.44. The van der Waals surface area contributed by atoms with Crippen molar-refractivity contribution < 1.29 is 4.74 Å². The zero-order chi connectivity index (χ0) is 21.8. The summed E-state index contributed by atoms with van der Waals surface area (Å²) in [6.45, 7) is 1.98. The molecule has 5 rings (SSSR count). The normalized spacial score (nSPS) is 10.8. The van der Waals surface area contributed by atoms with Crippen molar-refractivity contribution in [3.05, 3.63) is 89.3 Å². The number of hydrogen-bond acceptors (Lipinski definition) is 8. The zero-order valence-electron chi connectivity index (χ0n) is 17.2. The maximum Gasteiger partial charge on any atom is 0.208 e. The number of pyridine rings is 1. The molecule has 0 aliphatic rings. The van der Waals surface area contributed by atoms with Gasteiger partial charge in [0.25, 0.3) is 0 Å². The van der Waals surface area contributed by atoms with Crippen LogP contribution in [0.5, 0.6) is 10.8 Å². The van der Waals surface area contributed by atoms with E-state index in [0.29, 0.717) is 23.8 Å². The van der Waals surface area contributed by atoms with Crippen LogP contribution in [0, 0.1) is 6.92 Å². The summed E-state index contributed by atoms with van der Waals surface area (Å²) in [5.41, 5.74) is 3.86. The SMILES string of the molecule is Cc1nc(-c2ccccc2)c(Oc2ccnc(Nc3cccc(Cc4nnn[nH]4)c3)c2)s1. The number of rotatable bonds is 7. The van der Waals surface area contributed by atoms with Crippen molar-refractivity contribution >= 4 is 22.8 Å². The van der Waals surface area contributed by atoms with Crippen molar-refractivity contribution in [1.82, 2.24) is 30.6 Å². The van der Waals surface area contributed by atoms with E-state index in [4.69, 9.17) is 4.74 Å². The van der Waals surface area contributed by atoms with Gasteiger partial charge in [0.15, 0.2) is 5.82 Å². The van der Waals surface area contributed by atoms with E-state index in [1.165, 1.54) is 11.3 Å². The first-order valence-electron chi connectivity index (χ1n) is 9.98. The van der Waals surface area contributed by atoms with Crippen molar-refractivity contribution in [3.8, 4) is 22.1 Å². The topological polar surface area (TPSA) is 102 Å². The average molecular weight is 442 g/mol. The molecule has 158 valence electrons. The molecular formula is C23H19N7OS. The zero-order valence-corrected chi connectivity index (χ0v) is 18.0. The summed E-state index contributed by atoms with van der Waals surface area (Å²) in [6, 6.07) is 21.8. The lowest BCUT2D eigenvalue weighted by Gasteiger charge is -2.10. The molecule has 0 spiro atoms. The van der Waals surface area contributed by atoms with Crippen LogP contribution in [0.15, 0.2) is 72.9 Å². The van der Waals surface area contributed by atoms with Crippen LogP contribution < -0.4 is 10.1 Å². The second kappa shape index (κ2) is 8.94. The van der Waals surface area contributed by atoms with Crippen molar-refractivity contribution in [3.63, 3.8) is 0 Å². The number of anilines is 2. The van der Waals surface area contributed by atoms with Gasteiger partial charge in [0.1, 0.15) is 17.3 Å². The van der Waals surface area contributed by atoms with Crippen molar-refractivity contribution in [1.29, 1.82) is 0 Å². The molecule has 2 N–H and O–H groups in total. The Labute approximate surface area is 188 Å². The number of nitrogens with zero attached hydrogens (tertiary/aromatic N) is 5. The van der Waals surface area contributed by atoms with Gasteiger partial charge in [-0.15, -0.1) is 5.10 Å². The maximum absolute atomic E-state index is 6.21. The highest BCUT2D eigenvalue weighted by molar-refractivity contribution is 7.13. The summed E-state index contributed by atoms with van der Waals surface area (Å²) in [5.74, 6) is 2.08. The van der Waals surface area contributed by atoms with Crippen molar-refractivity contribution in [2.75, 3.05) is 5.32 Å². The number of aromatic amines is 1. The molecule has 0 atom stereocenters. The van der Waals surface area contributed by atoms with Gasteiger partial charge >= 0.3 is 0 Å². The highest BCUT2D eigenvalue weighted by atomic mass is 32.1. The smallest absolute Gasteiger partial charge is 0.208 e. The lowest BCUT2D eigenvalue weighted by Crippen LogP contribution is -1.96. The second-order valence-corrected chi connectivity index (χ2v) is 8.23. The Morgan fingerprint density at radius 3 is 2.78 bits per heavy atom. The third-order valence-corrected chi connectivity index (χ3v) is 5.50. The van der Waals surface area contributed by atoms with Crippen LogP contribution in [0.2, 0.25) is 0 Å². The van der Waals surface area contributed by atoms with Gasteiger partial charge in [-0.25, -0.2) is 15.1 Å². The van der Waals surface area contributed by atoms with Gasteiger partial charge in [-0.2, -0.15) is 0 Å². The van der Waals surface area contributed by atoms with Gasteiger partial charge in [-0.3, -0.25) is 0 Å². The minimum absolute atomic E-state index is 0.617. The van der Waals surface area contributed by atoms with Gasteiger partial charge in [-0.05, 0) is 41.1 Å². The number of aryl methyl sites for hydroxylation is 1. The lowest BCUT2D eigenvalue weighted by molar-refractivity contribution is 0.496. The summed E-state index contributed by atoms with van der Waals surface area (Å²) >= 11 is 1.52. The highest BCUT2D eigenvalue weighted by Gasteiger charge is 2.14. The van der Waals surface area contributed by atoms with Crippen LogP contribution >= 0.6 is 11.3 Å². The Kier molecular flexibility index (Phi) is 5.54. The molecule has 0 bridgehead atoms. The Hall–Kier alpha value is -4.11. The first-order chi connectivity index (χ1) is 15.7. The molecule has 9 heteroatoms. The predicted octanol–water partition coefficient (Wildman–Crippen LogP) is 5.15. The molecule has 8 nitrogen and oxygen atoms in total. The molecular weight excluding hydrogens is 422 g/mol. The van der Waals surface area contributed by atoms with Gasteiger partial charge in [0, 0.05) is 29.9 Å². The summed E-state index contributed by atoms with van der Waals surface area (Å²) in [4.78, 5) is 9.08. The number of benzene rings is 2. The standard InChI is InChI=1S/C23H19N7OS/c1-15-25-22(17-7-3-2-4-8-17)23(32-15)31-19-10-11-24-20(14-19)26-18-9-5-6-16(12-18)13-21-27-29-30-28-21/h2-12,14H,13H2,1H3,(H,24,26)(H,27,28,29,30). The van der Waals surface area contributed by atoms with E-state index < -0.39 is 0 Å². The number of nitrogens with one attached hydrogen (secondary N) is 2. The van der Waals surface area contributed by atoms with E-state index in [2.05, 4.69) is 35.9 Å². The molecule has 0 saturated heterocycles. The molecule has 0 aliphatic carbocycles. The maximum atomic E-state index is 6.21. The fourth-order valence-electron chi connectivity index (χ4n) is 3.26. The van der Waals surface area contributed by atoms with Gasteiger partial charge < -0.3 is 10.1 Å². The quantitative estimate of drug-likeness (QED) is 0.360. The molecule has 5 aromatic rings. The molecule has 0 aliphatic heterocycles. The van der Waals surface area contributed by atoms with Gasteiger partial charge in [-0.1, -0.05) is 53.8 Å². The summed E-state index contributed by atoms with van der Waals surface area (Å²) in [7, 11) is 0. The monoisotopic (exact) mass is 441 g/mol. The predicted molar refractivity (Wildman–Crippen MR) is 123 cm³/mol. The molecule has 0 amide bonds. The van der Waals surface area contributed by atoms with Crippen LogP contribution in [0.3, 0.4) is 0 Å². The Morgan fingerprint density at radius 2 is 1.94 bits per heavy atom. The molecule has 32 heavy (non-hydrogen) atoms. The molecule has 3 heterocycles. The molecule has 3 aromatic heterocycles. The van der Waals surface area contributed by atoms with Gasteiger partial charge in [0.05, 0.1) is 5.01 Å². The lowest BCUT2D eigenvalue weighted by atomic mass is 10.1. The fourth-order valence-corrected chi connectivity index (χ4v) is 4.06. The Balaban J connectivity index is 1.34. The van der Waals surface area contributed by atoms with E-state index in [0.717, 1.165) is 32.6 Å².